The van der Waals surface area contributed by atoms with Crippen molar-refractivity contribution in [2.45, 2.75) is 20.0 Å². The Bertz CT molecular complexity index is 154. The van der Waals surface area contributed by atoms with Crippen LogP contribution in [0.3, 0.4) is 0 Å². The van der Waals surface area contributed by atoms with Crippen LogP contribution in [0.25, 0.3) is 0 Å². The second-order valence-corrected chi connectivity index (χ2v) is 2.07. The van der Waals surface area contributed by atoms with Crippen molar-refractivity contribution in [2.75, 3.05) is 0 Å². The van der Waals surface area contributed by atoms with Crippen LogP contribution in [0.2, 0.25) is 0 Å². The average molecular weight is 140 g/mol. The first-order valence-corrected chi connectivity index (χ1v) is 3.28. The minimum Gasteiger partial charge on any atom is -0.238 e. The Morgan fingerprint density at radius 2 is 2.20 bits per heavy atom. The van der Waals surface area contributed by atoms with Crippen LogP contribution in [0, 0.1) is 0 Å². The van der Waals surface area contributed by atoms with Gasteiger partial charge in [-0.3, -0.25) is 0 Å². The van der Waals surface area contributed by atoms with E-state index in [1.807, 2.05) is 19.1 Å². The smallest absolute Gasteiger partial charge is 0.139 e. The van der Waals surface area contributed by atoms with Gasteiger partial charge in [0.25, 0.3) is 0 Å². The highest BCUT2D eigenvalue weighted by Gasteiger charge is 1.99. The molecule has 0 aliphatic carbocycles. The van der Waals surface area contributed by atoms with Crippen molar-refractivity contribution in [1.29, 1.82) is 0 Å². The second-order valence-electron chi connectivity index (χ2n) is 2.07. The molecule has 0 bridgehead atoms. The number of alkyl halides is 1. The van der Waals surface area contributed by atoms with E-state index in [2.05, 4.69) is 6.58 Å². The molecule has 1 atom stereocenters. The van der Waals surface area contributed by atoms with Gasteiger partial charge in [0.1, 0.15) is 6.17 Å². The minimum absolute atomic E-state index is 0.688. The number of hydrogen-bond acceptors (Lipinski definition) is 0. The Kier molecular flexibility index (Phi) is 4.55. The molecule has 0 aliphatic heterocycles. The zero-order valence-electron chi connectivity index (χ0n) is 6.47. The molecular formula is C9H13F. The number of allylic oxidation sites excluding steroid dienone is 5. The Morgan fingerprint density at radius 1 is 1.60 bits per heavy atom. The fourth-order valence-corrected chi connectivity index (χ4v) is 0.526. The molecule has 1 unspecified atom stereocenters. The van der Waals surface area contributed by atoms with E-state index in [1.54, 1.807) is 13.0 Å². The molecule has 0 saturated heterocycles. The van der Waals surface area contributed by atoms with Gasteiger partial charge in [-0.05, 0) is 19.4 Å². The SMILES string of the molecule is C=CC(F)/C(C)=C\C=C/C. The Labute approximate surface area is 61.8 Å². The Morgan fingerprint density at radius 3 is 2.60 bits per heavy atom. The summed E-state index contributed by atoms with van der Waals surface area (Å²) in [6.45, 7) is 6.99. The molecule has 10 heavy (non-hydrogen) atoms. The third-order valence-electron chi connectivity index (χ3n) is 1.19. The third-order valence-corrected chi connectivity index (χ3v) is 1.19. The van der Waals surface area contributed by atoms with E-state index in [0.717, 1.165) is 0 Å². The fraction of sp³-hybridized carbons (Fsp3) is 0.333. The van der Waals surface area contributed by atoms with Gasteiger partial charge in [0.15, 0.2) is 0 Å². The van der Waals surface area contributed by atoms with E-state index >= 15 is 0 Å². The van der Waals surface area contributed by atoms with E-state index < -0.39 is 6.17 Å². The molecule has 0 aromatic carbocycles. The van der Waals surface area contributed by atoms with Gasteiger partial charge in [0.2, 0.25) is 0 Å². The zero-order chi connectivity index (χ0) is 7.98. The Hall–Kier alpha value is -0.850. The van der Waals surface area contributed by atoms with Crippen LogP contribution >= 0.6 is 0 Å². The number of hydrogen-bond donors (Lipinski definition) is 0. The predicted molar refractivity (Wildman–Crippen MR) is 43.7 cm³/mol. The van der Waals surface area contributed by atoms with Crippen LogP contribution in [-0.2, 0) is 0 Å². The minimum atomic E-state index is -1.00. The van der Waals surface area contributed by atoms with E-state index in [1.165, 1.54) is 6.08 Å². The van der Waals surface area contributed by atoms with Crippen molar-refractivity contribution in [3.05, 3.63) is 36.5 Å². The first-order chi connectivity index (χ1) is 4.72. The highest BCUT2D eigenvalue weighted by atomic mass is 19.1. The van der Waals surface area contributed by atoms with Crippen LogP contribution < -0.4 is 0 Å². The third kappa shape index (κ3) is 3.23. The first kappa shape index (κ1) is 9.15. The van der Waals surface area contributed by atoms with Gasteiger partial charge in [0.05, 0.1) is 0 Å². The molecule has 0 amide bonds. The maximum Gasteiger partial charge on any atom is 0.139 e. The number of halogens is 1. The largest absolute Gasteiger partial charge is 0.238 e. The molecular weight excluding hydrogens is 127 g/mol. The van der Waals surface area contributed by atoms with Gasteiger partial charge in [-0.25, -0.2) is 4.39 Å². The summed E-state index contributed by atoms with van der Waals surface area (Å²) in [4.78, 5) is 0. The van der Waals surface area contributed by atoms with Gasteiger partial charge in [-0.1, -0.05) is 30.9 Å². The topological polar surface area (TPSA) is 0 Å². The standard InChI is InChI=1S/C9H13F/c1-4-6-7-8(3)9(10)5-2/h4-7,9H,2H2,1,3H3/b6-4-,8-7-. The lowest BCUT2D eigenvalue weighted by Gasteiger charge is -1.99. The van der Waals surface area contributed by atoms with E-state index in [0.29, 0.717) is 5.57 Å². The summed E-state index contributed by atoms with van der Waals surface area (Å²) in [5, 5.41) is 0. The highest BCUT2D eigenvalue weighted by molar-refractivity contribution is 5.17. The molecule has 0 nitrogen and oxygen atoms in total. The lowest BCUT2D eigenvalue weighted by atomic mass is 10.2. The van der Waals surface area contributed by atoms with Crippen LogP contribution in [0.4, 0.5) is 4.39 Å². The molecule has 0 fully saturated rings. The quantitative estimate of drug-likeness (QED) is 0.417. The van der Waals surface area contributed by atoms with Gasteiger partial charge < -0.3 is 0 Å². The molecule has 0 spiro atoms. The van der Waals surface area contributed by atoms with Gasteiger partial charge in [-0.2, -0.15) is 0 Å². The van der Waals surface area contributed by atoms with Crippen molar-refractivity contribution >= 4 is 0 Å². The molecule has 0 radical (unpaired) electrons. The van der Waals surface area contributed by atoms with Crippen LogP contribution in [0.15, 0.2) is 36.5 Å². The first-order valence-electron chi connectivity index (χ1n) is 3.28. The molecule has 0 heterocycles. The molecule has 0 aromatic heterocycles. The lowest BCUT2D eigenvalue weighted by molar-refractivity contribution is 0.450. The van der Waals surface area contributed by atoms with Crippen molar-refractivity contribution in [2.24, 2.45) is 0 Å². The van der Waals surface area contributed by atoms with E-state index in [-0.39, 0.29) is 0 Å². The molecule has 0 aromatic rings. The second kappa shape index (κ2) is 4.98. The maximum atomic E-state index is 12.6. The molecule has 1 heteroatoms. The van der Waals surface area contributed by atoms with Crippen molar-refractivity contribution in [1.82, 2.24) is 0 Å². The van der Waals surface area contributed by atoms with E-state index in [9.17, 15) is 4.39 Å². The van der Waals surface area contributed by atoms with Gasteiger partial charge in [0, 0.05) is 0 Å². The summed E-state index contributed by atoms with van der Waals surface area (Å²) in [5.74, 6) is 0. The highest BCUT2D eigenvalue weighted by Crippen LogP contribution is 2.06. The maximum absolute atomic E-state index is 12.6. The summed E-state index contributed by atoms with van der Waals surface area (Å²) in [5.41, 5.74) is 0.688. The molecule has 0 rings (SSSR count). The lowest BCUT2D eigenvalue weighted by Crippen LogP contribution is -1.94. The van der Waals surface area contributed by atoms with Crippen molar-refractivity contribution in [3.8, 4) is 0 Å². The normalized spacial score (nSPS) is 15.7. The summed E-state index contributed by atoms with van der Waals surface area (Å²) in [6, 6.07) is 0. The summed E-state index contributed by atoms with van der Waals surface area (Å²) < 4.78 is 12.6. The van der Waals surface area contributed by atoms with Crippen molar-refractivity contribution < 1.29 is 4.39 Å². The van der Waals surface area contributed by atoms with Crippen molar-refractivity contribution in [3.63, 3.8) is 0 Å². The predicted octanol–water partition coefficient (Wildman–Crippen LogP) is 3.03. The summed E-state index contributed by atoms with van der Waals surface area (Å²) in [7, 11) is 0. The fourth-order valence-electron chi connectivity index (χ4n) is 0.526. The summed E-state index contributed by atoms with van der Waals surface area (Å²) >= 11 is 0. The zero-order valence-corrected chi connectivity index (χ0v) is 6.47. The number of rotatable bonds is 3. The molecule has 0 N–H and O–H groups in total. The van der Waals surface area contributed by atoms with Crippen LogP contribution in [-0.4, -0.2) is 6.17 Å². The molecule has 0 saturated carbocycles. The summed E-state index contributed by atoms with van der Waals surface area (Å²) in [6.07, 6.45) is 5.70. The van der Waals surface area contributed by atoms with Gasteiger partial charge >= 0.3 is 0 Å². The molecule has 56 valence electrons. The average Bonchev–Trinajstić information content (AvgIpc) is 1.98. The Balaban J connectivity index is 4.03. The van der Waals surface area contributed by atoms with Gasteiger partial charge in [-0.15, -0.1) is 0 Å². The van der Waals surface area contributed by atoms with Crippen LogP contribution in [0.5, 0.6) is 0 Å². The van der Waals surface area contributed by atoms with E-state index in [4.69, 9.17) is 0 Å². The molecule has 0 aliphatic rings. The van der Waals surface area contributed by atoms with Crippen LogP contribution in [0.1, 0.15) is 13.8 Å². The monoisotopic (exact) mass is 140 g/mol.